The lowest BCUT2D eigenvalue weighted by atomic mass is 10.2. The first-order chi connectivity index (χ1) is 15.1. The van der Waals surface area contributed by atoms with Crippen molar-refractivity contribution < 1.29 is 9.53 Å². The first-order valence-electron chi connectivity index (χ1n) is 10.1. The van der Waals surface area contributed by atoms with Crippen LogP contribution in [0.3, 0.4) is 0 Å². The number of amides is 1. The maximum atomic E-state index is 12.3. The first kappa shape index (κ1) is 20.7. The molecule has 0 saturated heterocycles. The number of ether oxygens (including phenoxy) is 1. The van der Waals surface area contributed by atoms with Crippen LogP contribution >= 0.6 is 11.3 Å². The highest BCUT2D eigenvalue weighted by molar-refractivity contribution is 7.14. The number of aromatic amines is 1. The molecule has 0 aliphatic rings. The number of hydrogen-bond donors (Lipinski definition) is 2. The van der Waals surface area contributed by atoms with Gasteiger partial charge in [0.25, 0.3) is 5.56 Å². The Morgan fingerprint density at radius 1 is 1.13 bits per heavy atom. The molecule has 0 atom stereocenters. The molecule has 0 spiro atoms. The summed E-state index contributed by atoms with van der Waals surface area (Å²) in [5.74, 6) is 1.29. The molecule has 2 N–H and O–H groups in total. The monoisotopic (exact) mass is 434 g/mol. The van der Waals surface area contributed by atoms with Gasteiger partial charge in [0.15, 0.2) is 5.13 Å². The van der Waals surface area contributed by atoms with Crippen LogP contribution in [0, 0.1) is 0 Å². The summed E-state index contributed by atoms with van der Waals surface area (Å²) < 4.78 is 5.45. The maximum absolute atomic E-state index is 12.3. The predicted octanol–water partition coefficient (Wildman–Crippen LogP) is 4.41. The van der Waals surface area contributed by atoms with Crippen LogP contribution in [-0.4, -0.2) is 27.5 Å². The lowest BCUT2D eigenvalue weighted by molar-refractivity contribution is -0.116. The smallest absolute Gasteiger partial charge is 0.258 e. The minimum absolute atomic E-state index is 0.115. The molecule has 1 amide bonds. The van der Waals surface area contributed by atoms with Crippen LogP contribution in [-0.2, 0) is 11.2 Å². The molecule has 0 radical (unpaired) electrons. The molecule has 4 aromatic rings. The highest BCUT2D eigenvalue weighted by Gasteiger charge is 2.09. The number of fused-ring (bicyclic) bond motifs is 1. The van der Waals surface area contributed by atoms with E-state index < -0.39 is 0 Å². The summed E-state index contributed by atoms with van der Waals surface area (Å²) in [5.41, 5.74) is 2.28. The van der Waals surface area contributed by atoms with Crippen molar-refractivity contribution in [3.63, 3.8) is 0 Å². The van der Waals surface area contributed by atoms with Gasteiger partial charge < -0.3 is 15.0 Å². The van der Waals surface area contributed by atoms with Gasteiger partial charge >= 0.3 is 0 Å². The van der Waals surface area contributed by atoms with Crippen LogP contribution < -0.4 is 15.6 Å². The maximum Gasteiger partial charge on any atom is 0.258 e. The first-order valence-corrected chi connectivity index (χ1v) is 11.0. The molecule has 2 heterocycles. The van der Waals surface area contributed by atoms with E-state index in [0.29, 0.717) is 47.7 Å². The van der Waals surface area contributed by atoms with Gasteiger partial charge in [0.05, 0.1) is 23.2 Å². The molecule has 2 aromatic carbocycles. The third-order valence-electron chi connectivity index (χ3n) is 4.69. The average molecular weight is 435 g/mol. The lowest BCUT2D eigenvalue weighted by Crippen LogP contribution is -2.14. The van der Waals surface area contributed by atoms with Gasteiger partial charge in [-0.1, -0.05) is 12.1 Å². The van der Waals surface area contributed by atoms with Gasteiger partial charge in [-0.2, -0.15) is 0 Å². The number of carbonyl (C=O) groups excluding carboxylic acids is 1. The summed E-state index contributed by atoms with van der Waals surface area (Å²) in [7, 11) is 0. The molecule has 0 aliphatic heterocycles. The highest BCUT2D eigenvalue weighted by atomic mass is 32.1. The summed E-state index contributed by atoms with van der Waals surface area (Å²) in [6, 6.07) is 14.9. The fourth-order valence-electron chi connectivity index (χ4n) is 3.20. The van der Waals surface area contributed by atoms with Gasteiger partial charge in [-0.05, 0) is 49.7 Å². The number of H-pyrrole nitrogens is 1. The third kappa shape index (κ3) is 5.16. The normalized spacial score (nSPS) is 10.9. The summed E-state index contributed by atoms with van der Waals surface area (Å²) in [6.45, 7) is 2.57. The quantitative estimate of drug-likeness (QED) is 0.428. The zero-order valence-electron chi connectivity index (χ0n) is 17.1. The Balaban J connectivity index is 1.31. The van der Waals surface area contributed by atoms with Crippen molar-refractivity contribution in [2.75, 3.05) is 11.9 Å². The number of nitrogens with zero attached hydrogens (tertiary/aromatic N) is 2. The van der Waals surface area contributed by atoms with Crippen LogP contribution in [0.5, 0.6) is 5.75 Å². The summed E-state index contributed by atoms with van der Waals surface area (Å²) in [4.78, 5) is 36.2. The van der Waals surface area contributed by atoms with E-state index in [-0.39, 0.29) is 11.5 Å². The van der Waals surface area contributed by atoms with E-state index in [2.05, 4.69) is 20.3 Å². The van der Waals surface area contributed by atoms with E-state index in [4.69, 9.17) is 4.74 Å². The number of thiazole rings is 1. The van der Waals surface area contributed by atoms with E-state index in [1.165, 1.54) is 11.3 Å². The molecule has 0 saturated carbocycles. The van der Waals surface area contributed by atoms with Crippen molar-refractivity contribution in [2.45, 2.75) is 26.2 Å². The van der Waals surface area contributed by atoms with Gasteiger partial charge in [0, 0.05) is 23.8 Å². The van der Waals surface area contributed by atoms with Crippen molar-refractivity contribution in [1.82, 2.24) is 15.0 Å². The minimum atomic E-state index is -0.158. The molecule has 0 bridgehead atoms. The molecular formula is C23H22N4O3S. The molecular weight excluding hydrogens is 412 g/mol. The second-order valence-corrected chi connectivity index (χ2v) is 7.78. The van der Waals surface area contributed by atoms with Gasteiger partial charge in [0.1, 0.15) is 11.6 Å². The molecule has 31 heavy (non-hydrogen) atoms. The van der Waals surface area contributed by atoms with Crippen molar-refractivity contribution >= 4 is 33.3 Å². The third-order valence-corrected chi connectivity index (χ3v) is 5.45. The number of aromatic nitrogens is 3. The Hall–Kier alpha value is -3.52. The second-order valence-electron chi connectivity index (χ2n) is 6.93. The van der Waals surface area contributed by atoms with Crippen molar-refractivity contribution in [1.29, 1.82) is 0 Å². The van der Waals surface area contributed by atoms with E-state index in [9.17, 15) is 9.59 Å². The molecule has 0 fully saturated rings. The number of aryl methyl sites for hydroxylation is 1. The number of anilines is 1. The van der Waals surface area contributed by atoms with Crippen molar-refractivity contribution in [3.05, 3.63) is 70.1 Å². The molecule has 158 valence electrons. The molecule has 2 aromatic heterocycles. The topological polar surface area (TPSA) is 97.0 Å². The summed E-state index contributed by atoms with van der Waals surface area (Å²) >= 11 is 1.39. The zero-order chi connectivity index (χ0) is 21.6. The van der Waals surface area contributed by atoms with Crippen molar-refractivity contribution in [3.8, 4) is 17.0 Å². The Bertz CT molecular complexity index is 1250. The van der Waals surface area contributed by atoms with Gasteiger partial charge in [-0.25, -0.2) is 9.97 Å². The van der Waals surface area contributed by atoms with Crippen LogP contribution in [0.2, 0.25) is 0 Å². The summed E-state index contributed by atoms with van der Waals surface area (Å²) in [5, 5.41) is 5.88. The van der Waals surface area contributed by atoms with E-state index in [1.807, 2.05) is 54.8 Å². The highest BCUT2D eigenvalue weighted by Crippen LogP contribution is 2.26. The fraction of sp³-hybridized carbons (Fsp3) is 0.217. The number of carbonyl (C=O) groups is 1. The molecule has 8 heteroatoms. The van der Waals surface area contributed by atoms with Crippen LogP contribution in [0.25, 0.3) is 22.2 Å². The van der Waals surface area contributed by atoms with Crippen LogP contribution in [0.4, 0.5) is 5.13 Å². The van der Waals surface area contributed by atoms with E-state index in [0.717, 1.165) is 17.0 Å². The Kier molecular flexibility index (Phi) is 6.37. The molecule has 0 unspecified atom stereocenters. The fourth-order valence-corrected chi connectivity index (χ4v) is 3.94. The van der Waals surface area contributed by atoms with Crippen LogP contribution in [0.15, 0.2) is 58.7 Å². The molecule has 0 aliphatic carbocycles. The zero-order valence-corrected chi connectivity index (χ0v) is 17.9. The van der Waals surface area contributed by atoms with Gasteiger partial charge in [-0.3, -0.25) is 9.59 Å². The Morgan fingerprint density at radius 2 is 1.94 bits per heavy atom. The number of nitrogens with one attached hydrogen (secondary N) is 2. The summed E-state index contributed by atoms with van der Waals surface area (Å²) in [6.07, 6.45) is 1.40. The van der Waals surface area contributed by atoms with E-state index >= 15 is 0 Å². The Labute approximate surface area is 183 Å². The Morgan fingerprint density at radius 3 is 2.74 bits per heavy atom. The SMILES string of the molecule is CCOc1ccc(-c2csc(NC(=O)CCCc3nc4ccccc4c(=O)[nH]3)n2)cc1. The van der Waals surface area contributed by atoms with Gasteiger partial charge in [0.2, 0.25) is 5.91 Å². The number of benzene rings is 2. The standard InChI is InChI=1S/C23H22N4O3S/c1-2-30-16-12-10-15(11-13-16)19-14-31-23(25-19)27-21(28)9-5-8-20-24-18-7-4-3-6-17(18)22(29)26-20/h3-4,6-7,10-14H,2,5,8-9H2,1H3,(H,24,26,29)(H,25,27,28). The number of para-hydroxylation sites is 1. The van der Waals surface area contributed by atoms with Crippen molar-refractivity contribution in [2.24, 2.45) is 0 Å². The lowest BCUT2D eigenvalue weighted by Gasteiger charge is -2.04. The largest absolute Gasteiger partial charge is 0.494 e. The number of rotatable bonds is 8. The molecule has 4 rings (SSSR count). The molecule has 7 nitrogen and oxygen atoms in total. The van der Waals surface area contributed by atoms with Crippen LogP contribution in [0.1, 0.15) is 25.6 Å². The minimum Gasteiger partial charge on any atom is -0.494 e. The van der Waals surface area contributed by atoms with E-state index in [1.54, 1.807) is 6.07 Å². The number of hydrogen-bond acceptors (Lipinski definition) is 6. The van der Waals surface area contributed by atoms with Gasteiger partial charge in [-0.15, -0.1) is 11.3 Å². The second kappa shape index (κ2) is 9.53. The predicted molar refractivity (Wildman–Crippen MR) is 123 cm³/mol. The average Bonchev–Trinajstić information content (AvgIpc) is 3.23.